The van der Waals surface area contributed by atoms with Gasteiger partial charge in [0, 0.05) is 18.9 Å². The van der Waals surface area contributed by atoms with Crippen molar-refractivity contribution in [3.8, 4) is 0 Å². The Bertz CT molecular complexity index is 735. The molecule has 144 valence electrons. The van der Waals surface area contributed by atoms with Crippen LogP contribution >= 0.6 is 0 Å². The lowest BCUT2D eigenvalue weighted by Crippen LogP contribution is -2.12. The van der Waals surface area contributed by atoms with Crippen LogP contribution in [0.2, 0.25) is 0 Å². The first kappa shape index (κ1) is 20.8. The largest absolute Gasteiger partial charge is 0.353 e. The van der Waals surface area contributed by atoms with Gasteiger partial charge in [0.15, 0.2) is 9.84 Å². The molecule has 0 aliphatic carbocycles. The Kier molecular flexibility index (Phi) is 8.43. The van der Waals surface area contributed by atoms with Crippen LogP contribution in [0.4, 0.5) is 0 Å². The van der Waals surface area contributed by atoms with E-state index in [4.69, 9.17) is 0 Å². The first-order chi connectivity index (χ1) is 12.5. The molecular weight excluding hydrogens is 342 g/mol. The smallest absolute Gasteiger partial charge is 0.180 e. The third-order valence-electron chi connectivity index (χ3n) is 5.05. The first-order valence-electron chi connectivity index (χ1n) is 9.96. The number of sulfone groups is 1. The molecule has 2 rings (SSSR count). The van der Waals surface area contributed by atoms with Gasteiger partial charge in [-0.1, -0.05) is 70.6 Å². The molecule has 0 N–H and O–H groups in total. The lowest BCUT2D eigenvalue weighted by molar-refractivity contribution is 0.556. The SMILES string of the molecule is CCCCCCCCC(C)c1ccn(CCS(=O)(=O)c2ccccc2)c1. The number of unbranched alkanes of at least 4 members (excludes halogenated alkanes) is 5. The summed E-state index contributed by atoms with van der Waals surface area (Å²) in [7, 11) is -3.22. The van der Waals surface area contributed by atoms with E-state index < -0.39 is 9.84 Å². The van der Waals surface area contributed by atoms with Crippen LogP contribution in [0.15, 0.2) is 53.7 Å². The molecule has 2 aromatic rings. The van der Waals surface area contributed by atoms with E-state index in [0.717, 1.165) is 0 Å². The highest BCUT2D eigenvalue weighted by atomic mass is 32.2. The molecule has 0 fully saturated rings. The average Bonchev–Trinajstić information content (AvgIpc) is 3.13. The zero-order chi connectivity index (χ0) is 18.8. The molecule has 1 heterocycles. The van der Waals surface area contributed by atoms with Gasteiger partial charge in [0.1, 0.15) is 0 Å². The number of hydrogen-bond donors (Lipinski definition) is 0. The van der Waals surface area contributed by atoms with Gasteiger partial charge in [0.2, 0.25) is 0 Å². The fourth-order valence-electron chi connectivity index (χ4n) is 3.26. The van der Waals surface area contributed by atoms with E-state index in [-0.39, 0.29) is 5.75 Å². The second-order valence-electron chi connectivity index (χ2n) is 7.27. The summed E-state index contributed by atoms with van der Waals surface area (Å²) in [5.74, 6) is 0.671. The average molecular weight is 376 g/mol. The number of hydrogen-bond acceptors (Lipinski definition) is 2. The van der Waals surface area contributed by atoms with Gasteiger partial charge in [0.25, 0.3) is 0 Å². The number of benzene rings is 1. The minimum Gasteiger partial charge on any atom is -0.353 e. The summed E-state index contributed by atoms with van der Waals surface area (Å²) in [6, 6.07) is 10.8. The molecule has 0 aliphatic rings. The fourth-order valence-corrected chi connectivity index (χ4v) is 4.52. The molecule has 0 spiro atoms. The number of rotatable bonds is 12. The molecule has 0 aliphatic heterocycles. The summed E-state index contributed by atoms with van der Waals surface area (Å²) in [4.78, 5) is 0.406. The highest BCUT2D eigenvalue weighted by molar-refractivity contribution is 7.91. The zero-order valence-electron chi connectivity index (χ0n) is 16.2. The molecular formula is C22H33NO2S. The highest BCUT2D eigenvalue weighted by Crippen LogP contribution is 2.23. The Balaban J connectivity index is 1.78. The standard InChI is InChI=1S/C22H33NO2S/c1-3-4-5-6-7-9-12-20(2)21-15-16-23(19-21)17-18-26(24,25)22-13-10-8-11-14-22/h8,10-11,13-16,19-20H,3-7,9,12,17-18H2,1-2H3. The predicted molar refractivity (Wildman–Crippen MR) is 109 cm³/mol. The van der Waals surface area contributed by atoms with Gasteiger partial charge < -0.3 is 4.57 Å². The Morgan fingerprint density at radius 2 is 1.65 bits per heavy atom. The molecule has 0 saturated carbocycles. The van der Waals surface area contributed by atoms with Crippen LogP contribution in [0.3, 0.4) is 0 Å². The van der Waals surface area contributed by atoms with Gasteiger partial charge in [-0.25, -0.2) is 8.42 Å². The van der Waals surface area contributed by atoms with E-state index in [1.807, 2.05) is 16.8 Å². The van der Waals surface area contributed by atoms with Crippen LogP contribution in [-0.2, 0) is 16.4 Å². The lowest BCUT2D eigenvalue weighted by atomic mass is 9.97. The van der Waals surface area contributed by atoms with E-state index in [9.17, 15) is 8.42 Å². The molecule has 1 aromatic carbocycles. The second kappa shape index (κ2) is 10.6. The molecule has 0 amide bonds. The molecule has 1 aromatic heterocycles. The maximum Gasteiger partial charge on any atom is 0.180 e. The summed E-state index contributed by atoms with van der Waals surface area (Å²) in [5, 5.41) is 0. The zero-order valence-corrected chi connectivity index (χ0v) is 17.0. The summed E-state index contributed by atoms with van der Waals surface area (Å²) < 4.78 is 26.8. The van der Waals surface area contributed by atoms with Crippen molar-refractivity contribution < 1.29 is 8.42 Å². The van der Waals surface area contributed by atoms with Crippen molar-refractivity contribution in [3.63, 3.8) is 0 Å². The molecule has 0 saturated heterocycles. The Hall–Kier alpha value is -1.55. The topological polar surface area (TPSA) is 39.1 Å². The minimum absolute atomic E-state index is 0.136. The first-order valence-corrected chi connectivity index (χ1v) is 11.6. The molecule has 1 unspecified atom stereocenters. The van der Waals surface area contributed by atoms with Gasteiger partial charge in [0.05, 0.1) is 10.6 Å². The van der Waals surface area contributed by atoms with E-state index in [2.05, 4.69) is 26.1 Å². The number of nitrogens with zero attached hydrogens (tertiary/aromatic N) is 1. The third kappa shape index (κ3) is 6.64. The van der Waals surface area contributed by atoms with Crippen LogP contribution in [0.5, 0.6) is 0 Å². The maximum absolute atomic E-state index is 12.4. The van der Waals surface area contributed by atoms with E-state index in [1.165, 1.54) is 50.5 Å². The van der Waals surface area contributed by atoms with E-state index in [0.29, 0.717) is 17.4 Å². The van der Waals surface area contributed by atoms with Crippen molar-refractivity contribution in [1.82, 2.24) is 4.57 Å². The van der Waals surface area contributed by atoms with Gasteiger partial charge in [-0.2, -0.15) is 0 Å². The summed E-state index contributed by atoms with van der Waals surface area (Å²) in [6.07, 6.45) is 13.3. The van der Waals surface area contributed by atoms with Gasteiger partial charge >= 0.3 is 0 Å². The van der Waals surface area contributed by atoms with Crippen LogP contribution in [-0.4, -0.2) is 18.7 Å². The van der Waals surface area contributed by atoms with Crippen molar-refractivity contribution >= 4 is 9.84 Å². The normalized spacial score (nSPS) is 13.0. The van der Waals surface area contributed by atoms with Crippen molar-refractivity contribution in [2.24, 2.45) is 0 Å². The molecule has 3 nitrogen and oxygen atoms in total. The quantitative estimate of drug-likeness (QED) is 0.439. The van der Waals surface area contributed by atoms with Crippen LogP contribution in [0.25, 0.3) is 0 Å². The van der Waals surface area contributed by atoms with E-state index >= 15 is 0 Å². The van der Waals surface area contributed by atoms with Crippen LogP contribution in [0, 0.1) is 0 Å². The van der Waals surface area contributed by atoms with Gasteiger partial charge in [-0.3, -0.25) is 0 Å². The van der Waals surface area contributed by atoms with E-state index in [1.54, 1.807) is 24.3 Å². The minimum atomic E-state index is -3.22. The van der Waals surface area contributed by atoms with Crippen molar-refractivity contribution in [2.45, 2.75) is 76.2 Å². The van der Waals surface area contributed by atoms with Crippen molar-refractivity contribution in [1.29, 1.82) is 0 Å². The molecule has 0 radical (unpaired) electrons. The summed E-state index contributed by atoms with van der Waals surface area (Å²) in [5.41, 5.74) is 1.32. The number of aromatic nitrogens is 1. The van der Waals surface area contributed by atoms with Gasteiger partial charge in [-0.05, 0) is 36.1 Å². The lowest BCUT2D eigenvalue weighted by Gasteiger charge is -2.10. The summed E-state index contributed by atoms with van der Waals surface area (Å²) >= 11 is 0. The molecule has 4 heteroatoms. The monoisotopic (exact) mass is 375 g/mol. The van der Waals surface area contributed by atoms with Crippen LogP contribution < -0.4 is 0 Å². The number of aryl methyl sites for hydroxylation is 1. The van der Waals surface area contributed by atoms with Crippen LogP contribution in [0.1, 0.15) is 70.3 Å². The van der Waals surface area contributed by atoms with Crippen molar-refractivity contribution in [2.75, 3.05) is 5.75 Å². The third-order valence-corrected chi connectivity index (χ3v) is 6.76. The Morgan fingerprint density at radius 3 is 2.38 bits per heavy atom. The molecule has 26 heavy (non-hydrogen) atoms. The molecule has 1 atom stereocenters. The second-order valence-corrected chi connectivity index (χ2v) is 9.38. The fraction of sp³-hybridized carbons (Fsp3) is 0.545. The maximum atomic E-state index is 12.4. The summed E-state index contributed by atoms with van der Waals surface area (Å²) in [6.45, 7) is 5.02. The predicted octanol–water partition coefficient (Wildman–Crippen LogP) is 5.82. The molecule has 0 bridgehead atoms. The van der Waals surface area contributed by atoms with Crippen molar-refractivity contribution in [3.05, 3.63) is 54.4 Å². The Morgan fingerprint density at radius 1 is 0.962 bits per heavy atom. The highest BCUT2D eigenvalue weighted by Gasteiger charge is 2.14. The van der Waals surface area contributed by atoms with Gasteiger partial charge in [-0.15, -0.1) is 0 Å². The Labute approximate surface area is 159 Å².